The molecule has 0 aromatic heterocycles. The van der Waals surface area contributed by atoms with Gasteiger partial charge < -0.3 is 20.7 Å². The smallest absolute Gasteiger partial charge is 0.239 e. The van der Waals surface area contributed by atoms with E-state index in [-0.39, 0.29) is 43.4 Å². The fourth-order valence-corrected chi connectivity index (χ4v) is 2.48. The molecule has 1 aliphatic rings. The Hall–Kier alpha value is -1.01. The van der Waals surface area contributed by atoms with Crippen LogP contribution in [0.3, 0.4) is 0 Å². The average Bonchev–Trinajstić information content (AvgIpc) is 2.49. The third-order valence-corrected chi connectivity index (χ3v) is 3.65. The van der Waals surface area contributed by atoms with Gasteiger partial charge in [-0.2, -0.15) is 0 Å². The van der Waals surface area contributed by atoms with Gasteiger partial charge >= 0.3 is 0 Å². The van der Waals surface area contributed by atoms with Gasteiger partial charge in [-0.15, -0.1) is 24.8 Å². The van der Waals surface area contributed by atoms with Gasteiger partial charge in [-0.3, -0.25) is 4.79 Å². The average molecular weight is 350 g/mol. The van der Waals surface area contributed by atoms with Crippen molar-refractivity contribution < 1.29 is 9.53 Å². The number of amides is 1. The Bertz CT molecular complexity index is 426. The minimum atomic E-state index is -0.577. The molecule has 22 heavy (non-hydrogen) atoms. The molecule has 1 fully saturated rings. The SMILES string of the molecule is COCC(N)C(=O)NC1CCN(c2ccccc2)CC1.Cl.Cl. The van der Waals surface area contributed by atoms with Crippen molar-refractivity contribution in [2.24, 2.45) is 5.73 Å². The number of ether oxygens (including phenoxy) is 1. The summed E-state index contributed by atoms with van der Waals surface area (Å²) in [4.78, 5) is 14.2. The second-order valence-corrected chi connectivity index (χ2v) is 5.17. The Balaban J connectivity index is 0.00000220. The summed E-state index contributed by atoms with van der Waals surface area (Å²) in [5.74, 6) is -0.120. The standard InChI is InChI=1S/C15H23N3O2.2ClH/c1-20-11-14(16)15(19)17-12-7-9-18(10-8-12)13-5-3-2-4-6-13;;/h2-6,12,14H,7-11,16H2,1H3,(H,17,19);2*1H. The molecule has 1 aromatic carbocycles. The van der Waals surface area contributed by atoms with Crippen molar-refractivity contribution in [3.8, 4) is 0 Å². The number of nitrogens with one attached hydrogen (secondary N) is 1. The first-order valence-corrected chi connectivity index (χ1v) is 7.05. The second kappa shape index (κ2) is 10.7. The predicted molar refractivity (Wildman–Crippen MR) is 94.2 cm³/mol. The summed E-state index contributed by atoms with van der Waals surface area (Å²) >= 11 is 0. The fourth-order valence-electron chi connectivity index (χ4n) is 2.48. The highest BCUT2D eigenvalue weighted by Gasteiger charge is 2.22. The number of hydrogen-bond acceptors (Lipinski definition) is 4. The van der Waals surface area contributed by atoms with Gasteiger partial charge in [0.1, 0.15) is 6.04 Å². The lowest BCUT2D eigenvalue weighted by molar-refractivity contribution is -0.124. The van der Waals surface area contributed by atoms with E-state index >= 15 is 0 Å². The Labute approximate surface area is 144 Å². The normalized spacial score (nSPS) is 16.2. The number of methoxy groups -OCH3 is 1. The van der Waals surface area contributed by atoms with Crippen LogP contribution in [-0.4, -0.2) is 44.8 Å². The number of halogens is 2. The van der Waals surface area contributed by atoms with E-state index in [2.05, 4.69) is 22.3 Å². The first kappa shape index (κ1) is 21.0. The zero-order valence-corrected chi connectivity index (χ0v) is 14.4. The van der Waals surface area contributed by atoms with E-state index in [0.29, 0.717) is 0 Å². The Morgan fingerprint density at radius 2 is 1.91 bits per heavy atom. The Morgan fingerprint density at radius 3 is 2.45 bits per heavy atom. The third kappa shape index (κ3) is 6.01. The number of nitrogens with zero attached hydrogens (tertiary/aromatic N) is 1. The molecule has 0 spiro atoms. The number of anilines is 1. The van der Waals surface area contributed by atoms with Gasteiger partial charge in [0.05, 0.1) is 6.61 Å². The summed E-state index contributed by atoms with van der Waals surface area (Å²) in [5.41, 5.74) is 6.96. The summed E-state index contributed by atoms with van der Waals surface area (Å²) in [6, 6.07) is 9.99. The first-order chi connectivity index (χ1) is 9.70. The number of piperidine rings is 1. The maximum Gasteiger partial charge on any atom is 0.239 e. The van der Waals surface area contributed by atoms with E-state index in [1.807, 2.05) is 18.2 Å². The molecule has 3 N–H and O–H groups in total. The van der Waals surface area contributed by atoms with Crippen molar-refractivity contribution in [3.63, 3.8) is 0 Å². The summed E-state index contributed by atoms with van der Waals surface area (Å²) in [7, 11) is 1.55. The van der Waals surface area contributed by atoms with Gasteiger partial charge in [0, 0.05) is 31.9 Å². The van der Waals surface area contributed by atoms with Crippen LogP contribution in [0, 0.1) is 0 Å². The Morgan fingerprint density at radius 1 is 1.32 bits per heavy atom. The summed E-state index contributed by atoms with van der Waals surface area (Å²) in [6.45, 7) is 2.16. The molecule has 1 heterocycles. The van der Waals surface area contributed by atoms with E-state index in [0.717, 1.165) is 25.9 Å². The first-order valence-electron chi connectivity index (χ1n) is 7.05. The van der Waals surface area contributed by atoms with E-state index in [9.17, 15) is 4.79 Å². The van der Waals surface area contributed by atoms with Crippen molar-refractivity contribution >= 4 is 36.4 Å². The van der Waals surface area contributed by atoms with Crippen LogP contribution in [-0.2, 0) is 9.53 Å². The second-order valence-electron chi connectivity index (χ2n) is 5.17. The molecule has 1 atom stereocenters. The number of rotatable bonds is 5. The maximum absolute atomic E-state index is 11.8. The van der Waals surface area contributed by atoms with Crippen LogP contribution in [0.2, 0.25) is 0 Å². The molecule has 0 bridgehead atoms. The lowest BCUT2D eigenvalue weighted by Gasteiger charge is -2.34. The molecule has 126 valence electrons. The molecule has 1 saturated heterocycles. The van der Waals surface area contributed by atoms with Crippen molar-refractivity contribution in [1.29, 1.82) is 0 Å². The number of nitrogens with two attached hydrogens (primary N) is 1. The molecular formula is C15H25Cl2N3O2. The van der Waals surface area contributed by atoms with Crippen molar-refractivity contribution in [2.45, 2.75) is 24.9 Å². The molecule has 0 radical (unpaired) electrons. The molecule has 1 unspecified atom stereocenters. The van der Waals surface area contributed by atoms with E-state index in [4.69, 9.17) is 10.5 Å². The van der Waals surface area contributed by atoms with E-state index in [1.54, 1.807) is 7.11 Å². The summed E-state index contributed by atoms with van der Waals surface area (Å²) in [6.07, 6.45) is 1.89. The lowest BCUT2D eigenvalue weighted by Crippen LogP contribution is -2.50. The lowest BCUT2D eigenvalue weighted by atomic mass is 10.0. The van der Waals surface area contributed by atoms with Crippen LogP contribution in [0.15, 0.2) is 30.3 Å². The molecule has 1 aromatic rings. The number of carbonyl (C=O) groups is 1. The maximum atomic E-state index is 11.8. The highest BCUT2D eigenvalue weighted by Crippen LogP contribution is 2.19. The van der Waals surface area contributed by atoms with Gasteiger partial charge in [-0.1, -0.05) is 18.2 Å². The number of benzene rings is 1. The minimum absolute atomic E-state index is 0. The van der Waals surface area contributed by atoms with Crippen LogP contribution in [0.1, 0.15) is 12.8 Å². The molecule has 1 aliphatic heterocycles. The number of hydrogen-bond donors (Lipinski definition) is 2. The third-order valence-electron chi connectivity index (χ3n) is 3.65. The molecule has 7 heteroatoms. The van der Waals surface area contributed by atoms with Crippen LogP contribution in [0.5, 0.6) is 0 Å². The zero-order valence-electron chi connectivity index (χ0n) is 12.7. The molecule has 0 aliphatic carbocycles. The van der Waals surface area contributed by atoms with Crippen LogP contribution in [0.4, 0.5) is 5.69 Å². The summed E-state index contributed by atoms with van der Waals surface area (Å²) in [5, 5.41) is 3.00. The van der Waals surface area contributed by atoms with Crippen molar-refractivity contribution in [3.05, 3.63) is 30.3 Å². The number of para-hydroxylation sites is 1. The molecular weight excluding hydrogens is 325 g/mol. The molecule has 5 nitrogen and oxygen atoms in total. The summed E-state index contributed by atoms with van der Waals surface area (Å²) < 4.78 is 4.89. The van der Waals surface area contributed by atoms with Gasteiger partial charge in [0.25, 0.3) is 0 Å². The highest BCUT2D eigenvalue weighted by molar-refractivity contribution is 5.85. The van der Waals surface area contributed by atoms with Crippen LogP contribution >= 0.6 is 24.8 Å². The van der Waals surface area contributed by atoms with Crippen molar-refractivity contribution in [1.82, 2.24) is 5.32 Å². The Kier molecular flexibility index (Phi) is 10.2. The minimum Gasteiger partial charge on any atom is -0.383 e. The zero-order chi connectivity index (χ0) is 14.4. The van der Waals surface area contributed by atoms with Crippen LogP contribution in [0.25, 0.3) is 0 Å². The monoisotopic (exact) mass is 349 g/mol. The van der Waals surface area contributed by atoms with Crippen LogP contribution < -0.4 is 16.0 Å². The topological polar surface area (TPSA) is 67.6 Å². The fraction of sp³-hybridized carbons (Fsp3) is 0.533. The molecule has 0 saturated carbocycles. The van der Waals surface area contributed by atoms with Gasteiger partial charge in [0.15, 0.2) is 0 Å². The van der Waals surface area contributed by atoms with Crippen molar-refractivity contribution in [2.75, 3.05) is 31.7 Å². The highest BCUT2D eigenvalue weighted by atomic mass is 35.5. The largest absolute Gasteiger partial charge is 0.383 e. The van der Waals surface area contributed by atoms with E-state index < -0.39 is 6.04 Å². The van der Waals surface area contributed by atoms with E-state index in [1.165, 1.54) is 5.69 Å². The molecule has 2 rings (SSSR count). The predicted octanol–water partition coefficient (Wildman–Crippen LogP) is 1.59. The quantitative estimate of drug-likeness (QED) is 0.846. The molecule has 1 amide bonds. The van der Waals surface area contributed by atoms with Gasteiger partial charge in [-0.25, -0.2) is 0 Å². The van der Waals surface area contributed by atoms with Gasteiger partial charge in [0.2, 0.25) is 5.91 Å². The number of carbonyl (C=O) groups excluding carboxylic acids is 1. The van der Waals surface area contributed by atoms with Gasteiger partial charge in [-0.05, 0) is 25.0 Å².